The molecule has 0 fully saturated rings. The third-order valence-electron chi connectivity index (χ3n) is 1.49. The Kier molecular flexibility index (Phi) is 1.82. The number of rotatable bonds is 1. The van der Waals surface area contributed by atoms with E-state index in [0.717, 1.165) is 22.3 Å². The number of anilines is 1. The molecule has 0 aromatic carbocycles. The first-order chi connectivity index (χ1) is 5.77. The van der Waals surface area contributed by atoms with Gasteiger partial charge in [-0.2, -0.15) is 8.75 Å². The minimum Gasteiger partial charge on any atom is -0.381 e. The van der Waals surface area contributed by atoms with Crippen LogP contribution < -0.4 is 5.73 Å². The van der Waals surface area contributed by atoms with Gasteiger partial charge in [0.2, 0.25) is 0 Å². The number of nitrogens with two attached hydrogens (primary N) is 1. The summed E-state index contributed by atoms with van der Waals surface area (Å²) < 4.78 is 8.03. The second kappa shape index (κ2) is 2.84. The third kappa shape index (κ3) is 1.21. The molecule has 0 amide bonds. The topological polar surface area (TPSA) is 51.8 Å². The third-order valence-corrected chi connectivity index (χ3v) is 3.04. The highest BCUT2D eigenvalue weighted by Crippen LogP contribution is 2.29. The molecular formula is C7H7N3S2. The van der Waals surface area contributed by atoms with E-state index in [0.29, 0.717) is 5.82 Å². The van der Waals surface area contributed by atoms with Crippen LogP contribution in [0, 0.1) is 6.92 Å². The molecule has 12 heavy (non-hydrogen) atoms. The van der Waals surface area contributed by atoms with E-state index in [9.17, 15) is 0 Å². The molecule has 0 unspecified atom stereocenters. The first kappa shape index (κ1) is 7.70. The maximum Gasteiger partial charge on any atom is 0.166 e. The van der Waals surface area contributed by atoms with Crippen LogP contribution >= 0.6 is 23.1 Å². The van der Waals surface area contributed by atoms with Gasteiger partial charge in [-0.25, -0.2) is 0 Å². The van der Waals surface area contributed by atoms with E-state index >= 15 is 0 Å². The van der Waals surface area contributed by atoms with E-state index in [1.807, 2.05) is 6.07 Å². The second-order valence-corrected chi connectivity index (χ2v) is 4.22. The van der Waals surface area contributed by atoms with Gasteiger partial charge in [-0.15, -0.1) is 11.3 Å². The zero-order valence-corrected chi connectivity index (χ0v) is 8.08. The Hall–Kier alpha value is -0.940. The van der Waals surface area contributed by atoms with Gasteiger partial charge in [0.25, 0.3) is 0 Å². The van der Waals surface area contributed by atoms with Gasteiger partial charge in [0.05, 0.1) is 16.6 Å². The smallest absolute Gasteiger partial charge is 0.166 e. The Morgan fingerprint density at radius 2 is 2.17 bits per heavy atom. The number of thiophene rings is 1. The van der Waals surface area contributed by atoms with Crippen LogP contribution in [0.3, 0.4) is 0 Å². The van der Waals surface area contributed by atoms with Crippen LogP contribution in [0.2, 0.25) is 0 Å². The molecule has 2 N–H and O–H groups in total. The normalized spacial score (nSPS) is 10.4. The Bertz CT molecular complexity index is 391. The van der Waals surface area contributed by atoms with E-state index in [1.54, 1.807) is 11.3 Å². The molecule has 5 heteroatoms. The van der Waals surface area contributed by atoms with Crippen molar-refractivity contribution in [2.45, 2.75) is 6.92 Å². The highest BCUT2D eigenvalue weighted by Gasteiger charge is 2.08. The van der Waals surface area contributed by atoms with Crippen LogP contribution in [0.1, 0.15) is 4.88 Å². The molecule has 0 radical (unpaired) electrons. The fourth-order valence-electron chi connectivity index (χ4n) is 0.928. The molecule has 0 saturated carbocycles. The van der Waals surface area contributed by atoms with Crippen molar-refractivity contribution in [1.82, 2.24) is 8.75 Å². The van der Waals surface area contributed by atoms with Crippen molar-refractivity contribution in [3.8, 4) is 10.6 Å². The summed E-state index contributed by atoms with van der Waals surface area (Å²) in [5.41, 5.74) is 6.44. The lowest BCUT2D eigenvalue weighted by Crippen LogP contribution is -1.85. The predicted molar refractivity (Wildman–Crippen MR) is 52.4 cm³/mol. The maximum atomic E-state index is 5.63. The number of nitrogens with zero attached hydrogens (tertiary/aromatic N) is 2. The molecule has 0 aliphatic carbocycles. The van der Waals surface area contributed by atoms with Crippen molar-refractivity contribution in [2.75, 3.05) is 5.73 Å². The summed E-state index contributed by atoms with van der Waals surface area (Å²) in [6.45, 7) is 2.06. The SMILES string of the molecule is Cc1ccc(-c2nsnc2N)s1. The minimum absolute atomic E-state index is 0.529. The van der Waals surface area contributed by atoms with Gasteiger partial charge in [-0.3, -0.25) is 0 Å². The van der Waals surface area contributed by atoms with Gasteiger partial charge >= 0.3 is 0 Å². The quantitative estimate of drug-likeness (QED) is 0.762. The van der Waals surface area contributed by atoms with Gasteiger partial charge < -0.3 is 5.73 Å². The monoisotopic (exact) mass is 197 g/mol. The molecule has 0 bridgehead atoms. The van der Waals surface area contributed by atoms with Gasteiger partial charge in [-0.1, -0.05) is 0 Å². The lowest BCUT2D eigenvalue weighted by molar-refractivity contribution is 1.52. The van der Waals surface area contributed by atoms with Crippen molar-refractivity contribution < 1.29 is 0 Å². The molecule has 0 saturated heterocycles. The summed E-state index contributed by atoms with van der Waals surface area (Å²) in [6, 6.07) is 4.08. The highest BCUT2D eigenvalue weighted by molar-refractivity contribution is 7.15. The maximum absolute atomic E-state index is 5.63. The van der Waals surface area contributed by atoms with Crippen LogP contribution in [0.15, 0.2) is 12.1 Å². The van der Waals surface area contributed by atoms with Crippen LogP contribution in [-0.4, -0.2) is 8.75 Å². The molecule has 2 rings (SSSR count). The lowest BCUT2D eigenvalue weighted by atomic mass is 10.3. The second-order valence-electron chi connectivity index (χ2n) is 2.41. The summed E-state index contributed by atoms with van der Waals surface area (Å²) in [4.78, 5) is 2.36. The fraction of sp³-hybridized carbons (Fsp3) is 0.143. The van der Waals surface area contributed by atoms with Crippen molar-refractivity contribution in [2.24, 2.45) is 0 Å². The van der Waals surface area contributed by atoms with Crippen LogP contribution in [0.25, 0.3) is 10.6 Å². The number of nitrogen functional groups attached to an aromatic ring is 1. The van der Waals surface area contributed by atoms with Gasteiger partial charge in [0, 0.05) is 4.88 Å². The standard InChI is InChI=1S/C7H7N3S2/c1-4-2-3-5(11-4)6-7(8)10-12-9-6/h2-3H,1H3,(H2,8,10). The molecule has 2 aromatic heterocycles. The minimum atomic E-state index is 0.529. The molecule has 0 aliphatic heterocycles. The van der Waals surface area contributed by atoms with E-state index in [-0.39, 0.29) is 0 Å². The van der Waals surface area contributed by atoms with Crippen molar-refractivity contribution >= 4 is 28.9 Å². The fourth-order valence-corrected chi connectivity index (χ4v) is 2.34. The molecule has 0 aliphatic rings. The molecule has 62 valence electrons. The average Bonchev–Trinajstić information content (AvgIpc) is 2.58. The highest BCUT2D eigenvalue weighted by atomic mass is 32.1. The first-order valence-corrected chi connectivity index (χ1v) is 4.97. The molecule has 0 atom stereocenters. The molecular weight excluding hydrogens is 190 g/mol. The molecule has 0 spiro atoms. The Morgan fingerprint density at radius 3 is 2.67 bits per heavy atom. The van der Waals surface area contributed by atoms with Crippen LogP contribution in [0.5, 0.6) is 0 Å². The molecule has 2 heterocycles. The average molecular weight is 197 g/mol. The largest absolute Gasteiger partial charge is 0.381 e. The van der Waals surface area contributed by atoms with Gasteiger partial charge in [0.1, 0.15) is 5.69 Å². The van der Waals surface area contributed by atoms with Gasteiger partial charge in [-0.05, 0) is 19.1 Å². The number of hydrogen-bond donors (Lipinski definition) is 1. The van der Waals surface area contributed by atoms with E-state index in [2.05, 4.69) is 21.7 Å². The molecule has 2 aromatic rings. The number of aryl methyl sites for hydroxylation is 1. The summed E-state index contributed by atoms with van der Waals surface area (Å²) in [6.07, 6.45) is 0. The van der Waals surface area contributed by atoms with Crippen molar-refractivity contribution in [3.63, 3.8) is 0 Å². The van der Waals surface area contributed by atoms with E-state index in [4.69, 9.17) is 5.73 Å². The lowest BCUT2D eigenvalue weighted by Gasteiger charge is -1.88. The zero-order chi connectivity index (χ0) is 8.55. The van der Waals surface area contributed by atoms with E-state index in [1.165, 1.54) is 4.88 Å². The summed E-state index contributed by atoms with van der Waals surface area (Å²) in [5.74, 6) is 0.529. The number of hydrogen-bond acceptors (Lipinski definition) is 5. The summed E-state index contributed by atoms with van der Waals surface area (Å²) >= 11 is 2.84. The predicted octanol–water partition coefficient (Wildman–Crippen LogP) is 2.16. The summed E-state index contributed by atoms with van der Waals surface area (Å²) in [5, 5.41) is 0. The van der Waals surface area contributed by atoms with Crippen molar-refractivity contribution in [1.29, 1.82) is 0 Å². The number of aromatic nitrogens is 2. The summed E-state index contributed by atoms with van der Waals surface area (Å²) in [7, 11) is 0. The Morgan fingerprint density at radius 1 is 1.33 bits per heavy atom. The van der Waals surface area contributed by atoms with Gasteiger partial charge in [0.15, 0.2) is 5.82 Å². The van der Waals surface area contributed by atoms with Crippen LogP contribution in [-0.2, 0) is 0 Å². The Balaban J connectivity index is 2.50. The van der Waals surface area contributed by atoms with Crippen LogP contribution in [0.4, 0.5) is 5.82 Å². The zero-order valence-electron chi connectivity index (χ0n) is 6.44. The molecule has 3 nitrogen and oxygen atoms in total. The first-order valence-electron chi connectivity index (χ1n) is 3.42. The van der Waals surface area contributed by atoms with Crippen molar-refractivity contribution in [3.05, 3.63) is 17.0 Å². The van der Waals surface area contributed by atoms with E-state index < -0.39 is 0 Å². The Labute approximate surface area is 78.2 Å².